The van der Waals surface area contributed by atoms with Gasteiger partial charge in [-0.2, -0.15) is 0 Å². The van der Waals surface area contributed by atoms with Gasteiger partial charge >= 0.3 is 12.0 Å². The van der Waals surface area contributed by atoms with Crippen LogP contribution in [0.4, 0.5) is 4.79 Å². The number of aliphatic hydroxyl groups is 1. The van der Waals surface area contributed by atoms with Crippen LogP contribution in [0.25, 0.3) is 0 Å². The summed E-state index contributed by atoms with van der Waals surface area (Å²) < 4.78 is 0. The van der Waals surface area contributed by atoms with Gasteiger partial charge in [0.15, 0.2) is 0 Å². The Kier molecular flexibility index (Phi) is 8.11. The van der Waals surface area contributed by atoms with Crippen molar-refractivity contribution < 1.29 is 19.8 Å². The standard InChI is InChI=1S/C12H24N2O4/c1-4-5-6-14(7-8-15)12(18)13(3)9-10(2)11(16)17/h10,15H,4-9H2,1-3H3,(H,16,17). The molecule has 6 heteroatoms. The third-order valence-corrected chi connectivity index (χ3v) is 2.72. The lowest BCUT2D eigenvalue weighted by molar-refractivity contribution is -0.141. The van der Waals surface area contributed by atoms with Crippen LogP contribution in [0.15, 0.2) is 0 Å². The second-order valence-electron chi connectivity index (χ2n) is 4.47. The van der Waals surface area contributed by atoms with E-state index in [-0.39, 0.29) is 25.7 Å². The predicted octanol–water partition coefficient (Wildman–Crippen LogP) is 0.853. The Hall–Kier alpha value is -1.30. The van der Waals surface area contributed by atoms with Crippen LogP contribution in [0.2, 0.25) is 0 Å². The molecule has 0 saturated carbocycles. The van der Waals surface area contributed by atoms with E-state index in [2.05, 4.69) is 0 Å². The molecule has 0 spiro atoms. The van der Waals surface area contributed by atoms with Gasteiger partial charge in [-0.1, -0.05) is 20.3 Å². The lowest BCUT2D eigenvalue weighted by Gasteiger charge is -2.28. The molecule has 0 heterocycles. The van der Waals surface area contributed by atoms with Gasteiger partial charge < -0.3 is 20.0 Å². The van der Waals surface area contributed by atoms with E-state index < -0.39 is 11.9 Å². The third kappa shape index (κ3) is 5.86. The van der Waals surface area contributed by atoms with Crippen LogP contribution in [0.1, 0.15) is 26.7 Å². The maximum atomic E-state index is 12.0. The normalized spacial score (nSPS) is 12.0. The fourth-order valence-electron chi connectivity index (χ4n) is 1.58. The quantitative estimate of drug-likeness (QED) is 0.678. The lowest BCUT2D eigenvalue weighted by Crippen LogP contribution is -2.45. The maximum absolute atomic E-state index is 12.0. The minimum absolute atomic E-state index is 0.0855. The number of amides is 2. The highest BCUT2D eigenvalue weighted by Gasteiger charge is 2.21. The summed E-state index contributed by atoms with van der Waals surface area (Å²) in [5.41, 5.74) is 0. The average Bonchev–Trinajstić information content (AvgIpc) is 2.33. The van der Waals surface area contributed by atoms with Gasteiger partial charge in [0.2, 0.25) is 0 Å². The van der Waals surface area contributed by atoms with Crippen molar-refractivity contribution in [3.8, 4) is 0 Å². The number of unbranched alkanes of at least 4 members (excludes halogenated alkanes) is 1. The molecule has 0 bridgehead atoms. The zero-order chi connectivity index (χ0) is 14.1. The van der Waals surface area contributed by atoms with E-state index in [0.717, 1.165) is 12.8 Å². The SMILES string of the molecule is CCCCN(CCO)C(=O)N(C)CC(C)C(=O)O. The molecule has 0 aromatic heterocycles. The first kappa shape index (κ1) is 16.7. The van der Waals surface area contributed by atoms with E-state index in [4.69, 9.17) is 10.2 Å². The number of hydrogen-bond donors (Lipinski definition) is 2. The molecule has 6 nitrogen and oxygen atoms in total. The summed E-state index contributed by atoms with van der Waals surface area (Å²) in [5, 5.41) is 17.7. The molecule has 0 aromatic carbocycles. The maximum Gasteiger partial charge on any atom is 0.319 e. The summed E-state index contributed by atoms with van der Waals surface area (Å²) in [4.78, 5) is 25.7. The van der Waals surface area contributed by atoms with Gasteiger partial charge in [-0.15, -0.1) is 0 Å². The first-order valence-electron chi connectivity index (χ1n) is 6.27. The number of urea groups is 1. The number of carbonyl (C=O) groups is 2. The van der Waals surface area contributed by atoms with E-state index in [9.17, 15) is 9.59 Å². The first-order chi connectivity index (χ1) is 8.43. The van der Waals surface area contributed by atoms with Crippen molar-refractivity contribution >= 4 is 12.0 Å². The summed E-state index contributed by atoms with van der Waals surface area (Å²) in [6.45, 7) is 4.54. The highest BCUT2D eigenvalue weighted by molar-refractivity contribution is 5.75. The van der Waals surface area contributed by atoms with Gasteiger partial charge in [-0.05, 0) is 6.42 Å². The Balaban J connectivity index is 4.40. The fraction of sp³-hybridized carbons (Fsp3) is 0.833. The molecule has 0 aliphatic carbocycles. The Morgan fingerprint density at radius 1 is 1.28 bits per heavy atom. The number of aliphatic carboxylic acids is 1. The Labute approximate surface area is 108 Å². The largest absolute Gasteiger partial charge is 0.481 e. The molecule has 1 atom stereocenters. The minimum atomic E-state index is -0.920. The number of aliphatic hydroxyl groups excluding tert-OH is 1. The Morgan fingerprint density at radius 2 is 1.89 bits per heavy atom. The second kappa shape index (κ2) is 8.74. The Morgan fingerprint density at radius 3 is 2.33 bits per heavy atom. The van der Waals surface area contributed by atoms with Crippen molar-refractivity contribution in [2.75, 3.05) is 33.3 Å². The van der Waals surface area contributed by atoms with Crippen LogP contribution in [-0.2, 0) is 4.79 Å². The molecule has 0 rings (SSSR count). The van der Waals surface area contributed by atoms with Gasteiger partial charge in [-0.3, -0.25) is 4.79 Å². The van der Waals surface area contributed by atoms with Crippen molar-refractivity contribution in [3.05, 3.63) is 0 Å². The average molecular weight is 260 g/mol. The van der Waals surface area contributed by atoms with E-state index >= 15 is 0 Å². The molecule has 0 fully saturated rings. The van der Waals surface area contributed by atoms with Crippen LogP contribution < -0.4 is 0 Å². The number of hydrogen-bond acceptors (Lipinski definition) is 3. The molecular weight excluding hydrogens is 236 g/mol. The molecule has 1 unspecified atom stereocenters. The summed E-state index contributed by atoms with van der Waals surface area (Å²) in [6.07, 6.45) is 1.83. The fourth-order valence-corrected chi connectivity index (χ4v) is 1.58. The molecule has 0 aliphatic rings. The second-order valence-corrected chi connectivity index (χ2v) is 4.47. The van der Waals surface area contributed by atoms with Gasteiger partial charge in [0, 0.05) is 26.7 Å². The van der Waals surface area contributed by atoms with E-state index in [0.29, 0.717) is 6.54 Å². The zero-order valence-electron chi connectivity index (χ0n) is 11.4. The van der Waals surface area contributed by atoms with E-state index in [1.54, 1.807) is 18.9 Å². The van der Waals surface area contributed by atoms with Crippen LogP contribution in [0.5, 0.6) is 0 Å². The number of nitrogens with zero attached hydrogens (tertiary/aromatic N) is 2. The van der Waals surface area contributed by atoms with Gasteiger partial charge in [0.25, 0.3) is 0 Å². The smallest absolute Gasteiger partial charge is 0.319 e. The summed E-state index contributed by atoms with van der Waals surface area (Å²) in [7, 11) is 1.58. The van der Waals surface area contributed by atoms with Crippen LogP contribution in [0, 0.1) is 5.92 Å². The summed E-state index contributed by atoms with van der Waals surface area (Å²) in [6, 6.07) is -0.231. The molecule has 0 aromatic rings. The molecule has 2 amide bonds. The predicted molar refractivity (Wildman–Crippen MR) is 68.4 cm³/mol. The van der Waals surface area contributed by atoms with Crippen molar-refractivity contribution in [1.82, 2.24) is 9.80 Å². The van der Waals surface area contributed by atoms with Crippen LogP contribution >= 0.6 is 0 Å². The number of carbonyl (C=O) groups excluding carboxylic acids is 1. The summed E-state index contributed by atoms with van der Waals surface area (Å²) >= 11 is 0. The van der Waals surface area contributed by atoms with E-state index in [1.165, 1.54) is 4.90 Å². The molecule has 18 heavy (non-hydrogen) atoms. The van der Waals surface area contributed by atoms with Crippen molar-refractivity contribution in [2.24, 2.45) is 5.92 Å². The molecule has 106 valence electrons. The van der Waals surface area contributed by atoms with Gasteiger partial charge in [0.05, 0.1) is 12.5 Å². The Bertz CT molecular complexity index is 271. The summed E-state index contributed by atoms with van der Waals surface area (Å²) in [5.74, 6) is -1.52. The monoisotopic (exact) mass is 260 g/mol. The zero-order valence-corrected chi connectivity index (χ0v) is 11.4. The molecular formula is C12H24N2O4. The molecule has 0 radical (unpaired) electrons. The highest BCUT2D eigenvalue weighted by atomic mass is 16.4. The molecule has 0 saturated heterocycles. The topological polar surface area (TPSA) is 81.1 Å². The van der Waals surface area contributed by atoms with Crippen LogP contribution in [0.3, 0.4) is 0 Å². The lowest BCUT2D eigenvalue weighted by atomic mass is 10.2. The van der Waals surface area contributed by atoms with Crippen molar-refractivity contribution in [1.29, 1.82) is 0 Å². The van der Waals surface area contributed by atoms with Crippen molar-refractivity contribution in [2.45, 2.75) is 26.7 Å². The number of rotatable bonds is 8. The number of carboxylic acid groups (broad SMARTS) is 1. The molecule has 0 aliphatic heterocycles. The minimum Gasteiger partial charge on any atom is -0.481 e. The molecule has 2 N–H and O–H groups in total. The first-order valence-corrected chi connectivity index (χ1v) is 6.27. The van der Waals surface area contributed by atoms with Crippen molar-refractivity contribution in [3.63, 3.8) is 0 Å². The number of carboxylic acids is 1. The van der Waals surface area contributed by atoms with Gasteiger partial charge in [-0.25, -0.2) is 4.79 Å². The van der Waals surface area contributed by atoms with E-state index in [1.807, 2.05) is 6.92 Å². The highest BCUT2D eigenvalue weighted by Crippen LogP contribution is 2.04. The van der Waals surface area contributed by atoms with Crippen LogP contribution in [-0.4, -0.2) is 65.3 Å². The third-order valence-electron chi connectivity index (χ3n) is 2.72. The van der Waals surface area contributed by atoms with Gasteiger partial charge in [0.1, 0.15) is 0 Å².